The van der Waals surface area contributed by atoms with Gasteiger partial charge >= 0.3 is 5.97 Å². The van der Waals surface area contributed by atoms with Gasteiger partial charge in [0.2, 0.25) is 5.91 Å². The van der Waals surface area contributed by atoms with Crippen LogP contribution in [-0.2, 0) is 19.6 Å². The quantitative estimate of drug-likeness (QED) is 0.774. The summed E-state index contributed by atoms with van der Waals surface area (Å²) in [4.78, 5) is 22.5. The monoisotopic (exact) mass is 382 g/mol. The van der Waals surface area contributed by atoms with E-state index in [0.29, 0.717) is 11.4 Å². The van der Waals surface area contributed by atoms with Crippen LogP contribution in [-0.4, -0.2) is 27.4 Å². The molecule has 0 atom stereocenters. The number of amides is 1. The van der Waals surface area contributed by atoms with Crippen molar-refractivity contribution in [3.63, 3.8) is 0 Å². The molecule has 0 heterocycles. The predicted molar refractivity (Wildman–Crippen MR) is 94.3 cm³/mol. The lowest BCUT2D eigenvalue weighted by atomic mass is 10.2. The summed E-state index contributed by atoms with van der Waals surface area (Å²) < 4.78 is 31.9. The topological polar surface area (TPSA) is 102 Å². The molecule has 2 aromatic rings. The fourth-order valence-electron chi connectivity index (χ4n) is 1.98. The number of nitrogens with one attached hydrogen (secondary N) is 2. The molecule has 2 rings (SSSR count). The number of hydrogen-bond acceptors (Lipinski definition) is 5. The highest BCUT2D eigenvalue weighted by Crippen LogP contribution is 2.23. The second-order valence-corrected chi connectivity index (χ2v) is 7.09. The Morgan fingerprint density at radius 3 is 2.20 bits per heavy atom. The van der Waals surface area contributed by atoms with E-state index in [2.05, 4.69) is 14.8 Å². The lowest BCUT2D eigenvalue weighted by Crippen LogP contribution is -2.14. The molecule has 7 nitrogen and oxygen atoms in total. The van der Waals surface area contributed by atoms with E-state index in [1.165, 1.54) is 38.3 Å². The third kappa shape index (κ3) is 4.71. The highest BCUT2D eigenvalue weighted by atomic mass is 35.5. The molecule has 0 aliphatic carbocycles. The van der Waals surface area contributed by atoms with Gasteiger partial charge in [0.15, 0.2) is 0 Å². The maximum Gasteiger partial charge on any atom is 0.339 e. The molecule has 0 saturated carbocycles. The normalized spacial score (nSPS) is 10.8. The van der Waals surface area contributed by atoms with Crippen LogP contribution in [0, 0.1) is 0 Å². The molecule has 25 heavy (non-hydrogen) atoms. The fourth-order valence-corrected chi connectivity index (χ4v) is 3.26. The van der Waals surface area contributed by atoms with Crippen molar-refractivity contribution < 1.29 is 22.7 Å². The highest BCUT2D eigenvalue weighted by molar-refractivity contribution is 7.92. The molecule has 1 amide bonds. The van der Waals surface area contributed by atoms with Crippen LogP contribution in [0.1, 0.15) is 17.3 Å². The van der Waals surface area contributed by atoms with Crippen molar-refractivity contribution in [2.75, 3.05) is 17.1 Å². The molecular formula is C16H15ClN2O5S. The van der Waals surface area contributed by atoms with Gasteiger partial charge in [0.1, 0.15) is 0 Å². The maximum atomic E-state index is 12.5. The first kappa shape index (κ1) is 18.8. The van der Waals surface area contributed by atoms with E-state index in [0.717, 1.165) is 6.07 Å². The van der Waals surface area contributed by atoms with Gasteiger partial charge in [-0.15, -0.1) is 0 Å². The van der Waals surface area contributed by atoms with E-state index in [9.17, 15) is 18.0 Å². The molecule has 0 bridgehead atoms. The van der Waals surface area contributed by atoms with Gasteiger partial charge in [-0.05, 0) is 42.5 Å². The average Bonchev–Trinajstić information content (AvgIpc) is 2.55. The smallest absolute Gasteiger partial charge is 0.339 e. The summed E-state index contributed by atoms with van der Waals surface area (Å²) in [6.45, 7) is 1.37. The Bertz CT molecular complexity index is 911. The Labute approximate surface area is 150 Å². The zero-order valence-corrected chi connectivity index (χ0v) is 14.9. The second kappa shape index (κ2) is 7.54. The Kier molecular flexibility index (Phi) is 5.66. The third-order valence-electron chi connectivity index (χ3n) is 3.11. The number of rotatable bonds is 5. The first-order chi connectivity index (χ1) is 11.7. The van der Waals surface area contributed by atoms with Gasteiger partial charge in [-0.3, -0.25) is 9.52 Å². The number of hydrogen-bond donors (Lipinski definition) is 2. The van der Waals surface area contributed by atoms with Crippen molar-refractivity contribution in [2.24, 2.45) is 0 Å². The zero-order valence-electron chi connectivity index (χ0n) is 13.4. The number of carbonyl (C=O) groups is 2. The molecule has 132 valence electrons. The van der Waals surface area contributed by atoms with E-state index < -0.39 is 16.0 Å². The number of halogens is 1. The van der Waals surface area contributed by atoms with Gasteiger partial charge in [-0.1, -0.05) is 11.6 Å². The molecule has 2 aromatic carbocycles. The summed E-state index contributed by atoms with van der Waals surface area (Å²) in [6, 6.07) is 9.84. The van der Waals surface area contributed by atoms with Crippen molar-refractivity contribution in [2.45, 2.75) is 11.8 Å². The van der Waals surface area contributed by atoms with E-state index >= 15 is 0 Å². The van der Waals surface area contributed by atoms with Crippen LogP contribution in [0.2, 0.25) is 5.02 Å². The number of benzene rings is 2. The summed E-state index contributed by atoms with van der Waals surface area (Å²) in [5.41, 5.74) is 0.784. The highest BCUT2D eigenvalue weighted by Gasteiger charge is 2.19. The van der Waals surface area contributed by atoms with Crippen LogP contribution in [0.15, 0.2) is 47.4 Å². The van der Waals surface area contributed by atoms with Crippen LogP contribution in [0.4, 0.5) is 11.4 Å². The lowest BCUT2D eigenvalue weighted by Gasteiger charge is -2.10. The lowest BCUT2D eigenvalue weighted by molar-refractivity contribution is -0.114. The molecule has 0 spiro atoms. The van der Waals surface area contributed by atoms with E-state index in [-0.39, 0.29) is 21.4 Å². The molecule has 0 aliphatic rings. The van der Waals surface area contributed by atoms with Crippen molar-refractivity contribution in [1.82, 2.24) is 0 Å². The maximum absolute atomic E-state index is 12.5. The van der Waals surface area contributed by atoms with Crippen molar-refractivity contribution in [3.8, 4) is 0 Å². The summed E-state index contributed by atoms with van der Waals surface area (Å²) in [7, 11) is -2.76. The summed E-state index contributed by atoms with van der Waals surface area (Å²) in [5, 5.41) is 2.67. The van der Waals surface area contributed by atoms with Crippen molar-refractivity contribution in [3.05, 3.63) is 53.1 Å². The van der Waals surface area contributed by atoms with E-state index in [1.54, 1.807) is 12.1 Å². The van der Waals surface area contributed by atoms with Gasteiger partial charge in [0.25, 0.3) is 10.0 Å². The summed E-state index contributed by atoms with van der Waals surface area (Å²) in [5.74, 6) is -0.966. The molecule has 0 saturated heterocycles. The number of esters is 1. The van der Waals surface area contributed by atoms with Crippen LogP contribution < -0.4 is 10.0 Å². The molecule has 9 heteroatoms. The van der Waals surface area contributed by atoms with Gasteiger partial charge in [0.05, 0.1) is 22.6 Å². The van der Waals surface area contributed by atoms with Crippen molar-refractivity contribution >= 4 is 44.9 Å². The minimum Gasteiger partial charge on any atom is -0.465 e. The first-order valence-electron chi connectivity index (χ1n) is 7.01. The predicted octanol–water partition coefficient (Wildman–Crippen LogP) is 2.89. The standard InChI is InChI=1S/C16H15ClN2O5S/c1-10(20)18-11-3-5-12(6-4-11)19-25(22,23)13-7-8-15(17)14(9-13)16(21)24-2/h3-9,19H,1-2H3,(H,18,20). The Morgan fingerprint density at radius 1 is 1.04 bits per heavy atom. The molecular weight excluding hydrogens is 368 g/mol. The number of methoxy groups -OCH3 is 1. The van der Waals surface area contributed by atoms with E-state index in [1.807, 2.05) is 0 Å². The second-order valence-electron chi connectivity index (χ2n) is 5.00. The number of ether oxygens (including phenoxy) is 1. The van der Waals surface area contributed by atoms with Crippen LogP contribution >= 0.6 is 11.6 Å². The number of sulfonamides is 1. The van der Waals surface area contributed by atoms with Gasteiger partial charge in [-0.2, -0.15) is 0 Å². The average molecular weight is 383 g/mol. The number of carbonyl (C=O) groups excluding carboxylic acids is 2. The zero-order chi connectivity index (χ0) is 18.6. The first-order valence-corrected chi connectivity index (χ1v) is 8.87. The van der Waals surface area contributed by atoms with Crippen LogP contribution in [0.3, 0.4) is 0 Å². The van der Waals surface area contributed by atoms with Gasteiger partial charge in [0, 0.05) is 18.3 Å². The fraction of sp³-hybridized carbons (Fsp3) is 0.125. The summed E-state index contributed by atoms with van der Waals surface area (Å²) >= 11 is 5.89. The molecule has 0 unspecified atom stereocenters. The summed E-state index contributed by atoms with van der Waals surface area (Å²) in [6.07, 6.45) is 0. The number of anilines is 2. The third-order valence-corrected chi connectivity index (χ3v) is 4.82. The van der Waals surface area contributed by atoms with Crippen molar-refractivity contribution in [1.29, 1.82) is 0 Å². The molecule has 0 aliphatic heterocycles. The van der Waals surface area contributed by atoms with Gasteiger partial charge < -0.3 is 10.1 Å². The SMILES string of the molecule is COC(=O)c1cc(S(=O)(=O)Nc2ccc(NC(C)=O)cc2)ccc1Cl. The van der Waals surface area contributed by atoms with Crippen LogP contribution in [0.5, 0.6) is 0 Å². The molecule has 0 aromatic heterocycles. The Hall–Kier alpha value is -2.58. The molecule has 2 N–H and O–H groups in total. The minimum absolute atomic E-state index is 0.0481. The minimum atomic E-state index is -3.93. The molecule has 0 fully saturated rings. The van der Waals surface area contributed by atoms with Crippen LogP contribution in [0.25, 0.3) is 0 Å². The van der Waals surface area contributed by atoms with E-state index in [4.69, 9.17) is 11.6 Å². The van der Waals surface area contributed by atoms with Gasteiger partial charge in [-0.25, -0.2) is 13.2 Å². The molecule has 0 radical (unpaired) electrons. The Balaban J connectivity index is 2.27. The Morgan fingerprint density at radius 2 is 1.64 bits per heavy atom. The largest absolute Gasteiger partial charge is 0.465 e.